The Morgan fingerprint density at radius 2 is 1.93 bits per heavy atom. The number of benzene rings is 1. The average Bonchev–Trinajstić information content (AvgIpc) is 2.65. The number of rotatable bonds is 2. The van der Waals surface area contributed by atoms with Crippen LogP contribution < -0.4 is 0 Å². The quantitative estimate of drug-likeness (QED) is 0.701. The average molecular weight is 206 g/mol. The summed E-state index contributed by atoms with van der Waals surface area (Å²) in [6, 6.07) is 8.04. The van der Waals surface area contributed by atoms with Crippen molar-refractivity contribution in [2.45, 2.75) is 11.8 Å². The van der Waals surface area contributed by atoms with Crippen LogP contribution >= 0.6 is 11.8 Å². The smallest absolute Gasteiger partial charge is 0.132 e. The largest absolute Gasteiger partial charge is 0.172 e. The highest BCUT2D eigenvalue weighted by Gasteiger charge is 2.00. The van der Waals surface area contributed by atoms with Gasteiger partial charge in [-0.05, 0) is 42.7 Å². The lowest BCUT2D eigenvalue weighted by Crippen LogP contribution is -1.98. The van der Waals surface area contributed by atoms with Crippen LogP contribution in [0.5, 0.6) is 0 Å². The first-order chi connectivity index (χ1) is 6.79. The lowest BCUT2D eigenvalue weighted by molar-refractivity contribution is 0.718. The summed E-state index contributed by atoms with van der Waals surface area (Å²) in [4.78, 5) is 2.75. The second-order valence-corrected chi connectivity index (χ2v) is 3.70. The molecular formula is C9H10N4S. The molecule has 1 aromatic heterocycles. The zero-order valence-electron chi connectivity index (χ0n) is 8.01. The van der Waals surface area contributed by atoms with Gasteiger partial charge in [-0.3, -0.25) is 0 Å². The van der Waals surface area contributed by atoms with Crippen molar-refractivity contribution in [1.29, 1.82) is 0 Å². The molecule has 0 radical (unpaired) electrons. The normalized spacial score (nSPS) is 10.4. The Morgan fingerprint density at radius 3 is 2.43 bits per heavy atom. The molecule has 4 nitrogen and oxygen atoms in total. The van der Waals surface area contributed by atoms with Crippen LogP contribution in [0.4, 0.5) is 0 Å². The second-order valence-electron chi connectivity index (χ2n) is 2.82. The third-order valence-corrected chi connectivity index (χ3v) is 2.56. The monoisotopic (exact) mass is 206 g/mol. The fourth-order valence-corrected chi connectivity index (χ4v) is 1.52. The number of aromatic nitrogens is 4. The summed E-state index contributed by atoms with van der Waals surface area (Å²) in [7, 11) is 0. The molecule has 5 heteroatoms. The van der Waals surface area contributed by atoms with E-state index in [0.717, 1.165) is 5.69 Å². The van der Waals surface area contributed by atoms with Gasteiger partial charge >= 0.3 is 0 Å². The molecule has 1 heterocycles. The molecule has 2 rings (SSSR count). The van der Waals surface area contributed by atoms with Crippen LogP contribution in [0.1, 0.15) is 5.82 Å². The molecule has 0 aliphatic carbocycles. The molecule has 0 unspecified atom stereocenters. The van der Waals surface area contributed by atoms with E-state index in [4.69, 9.17) is 0 Å². The van der Waals surface area contributed by atoms with Gasteiger partial charge in [-0.25, -0.2) is 0 Å². The van der Waals surface area contributed by atoms with Gasteiger partial charge in [0, 0.05) is 4.90 Å². The molecule has 0 saturated heterocycles. The molecule has 0 amide bonds. The molecule has 14 heavy (non-hydrogen) atoms. The van der Waals surface area contributed by atoms with Crippen molar-refractivity contribution in [3.63, 3.8) is 0 Å². The highest BCUT2D eigenvalue weighted by molar-refractivity contribution is 7.98. The van der Waals surface area contributed by atoms with Crippen LogP contribution in [0.2, 0.25) is 0 Å². The van der Waals surface area contributed by atoms with Gasteiger partial charge < -0.3 is 0 Å². The van der Waals surface area contributed by atoms with Crippen LogP contribution in [-0.2, 0) is 0 Å². The minimum Gasteiger partial charge on any atom is -0.132 e. The maximum Gasteiger partial charge on any atom is 0.172 e. The second kappa shape index (κ2) is 3.79. The first-order valence-corrected chi connectivity index (χ1v) is 5.43. The van der Waals surface area contributed by atoms with E-state index in [1.807, 2.05) is 37.4 Å². The van der Waals surface area contributed by atoms with Gasteiger partial charge in [0.2, 0.25) is 0 Å². The van der Waals surface area contributed by atoms with Crippen molar-refractivity contribution >= 4 is 11.8 Å². The molecular weight excluding hydrogens is 196 g/mol. The van der Waals surface area contributed by atoms with Gasteiger partial charge in [0.25, 0.3) is 0 Å². The van der Waals surface area contributed by atoms with Crippen molar-refractivity contribution < 1.29 is 0 Å². The Balaban J connectivity index is 2.33. The van der Waals surface area contributed by atoms with Crippen LogP contribution in [0.3, 0.4) is 0 Å². The fraction of sp³-hybridized carbons (Fsp3) is 0.222. The van der Waals surface area contributed by atoms with E-state index in [0.29, 0.717) is 5.82 Å². The summed E-state index contributed by atoms with van der Waals surface area (Å²) < 4.78 is 0. The third-order valence-electron chi connectivity index (χ3n) is 1.82. The summed E-state index contributed by atoms with van der Waals surface area (Å²) in [6.07, 6.45) is 2.05. The molecule has 1 aromatic carbocycles. The van der Waals surface area contributed by atoms with Gasteiger partial charge in [-0.2, -0.15) is 0 Å². The van der Waals surface area contributed by atoms with Crippen molar-refractivity contribution in [2.24, 2.45) is 0 Å². The summed E-state index contributed by atoms with van der Waals surface area (Å²) in [5.74, 6) is 0.680. The minimum atomic E-state index is 0.680. The molecule has 2 aromatic rings. The van der Waals surface area contributed by atoms with E-state index in [9.17, 15) is 0 Å². The van der Waals surface area contributed by atoms with Gasteiger partial charge in [0.1, 0.15) is 0 Å². The predicted octanol–water partition coefficient (Wildman–Crippen LogP) is 1.69. The van der Waals surface area contributed by atoms with Crippen molar-refractivity contribution in [2.75, 3.05) is 6.26 Å². The van der Waals surface area contributed by atoms with Crippen LogP contribution in [0.15, 0.2) is 29.2 Å². The van der Waals surface area contributed by atoms with Crippen molar-refractivity contribution in [3.8, 4) is 5.69 Å². The predicted molar refractivity (Wildman–Crippen MR) is 55.7 cm³/mol. The Morgan fingerprint density at radius 1 is 1.21 bits per heavy atom. The standard InChI is InChI=1S/C9H10N4S/c1-7-10-12-13(11-7)8-3-5-9(14-2)6-4-8/h3-6H,1-2H3. The Kier molecular flexibility index (Phi) is 2.49. The molecule has 72 valence electrons. The SMILES string of the molecule is CSc1ccc(-n2nnc(C)n2)cc1. The molecule has 0 aliphatic heterocycles. The highest BCUT2D eigenvalue weighted by atomic mass is 32.2. The van der Waals surface area contributed by atoms with E-state index in [1.165, 1.54) is 9.69 Å². The molecule has 0 bridgehead atoms. The Labute approximate surface area is 86.3 Å². The molecule has 0 atom stereocenters. The van der Waals surface area contributed by atoms with E-state index >= 15 is 0 Å². The zero-order valence-corrected chi connectivity index (χ0v) is 8.82. The van der Waals surface area contributed by atoms with E-state index in [-0.39, 0.29) is 0 Å². The molecule has 0 N–H and O–H groups in total. The van der Waals surface area contributed by atoms with Gasteiger partial charge in [0.15, 0.2) is 5.82 Å². The first kappa shape index (κ1) is 9.21. The Hall–Kier alpha value is -1.36. The van der Waals surface area contributed by atoms with Gasteiger partial charge in [0.05, 0.1) is 5.69 Å². The topological polar surface area (TPSA) is 43.6 Å². The van der Waals surface area contributed by atoms with E-state index in [2.05, 4.69) is 15.4 Å². The maximum atomic E-state index is 4.12. The third kappa shape index (κ3) is 1.77. The van der Waals surface area contributed by atoms with Gasteiger partial charge in [-0.1, -0.05) is 0 Å². The van der Waals surface area contributed by atoms with Crippen LogP contribution in [-0.4, -0.2) is 26.5 Å². The number of aryl methyl sites for hydroxylation is 1. The number of thioether (sulfide) groups is 1. The number of tetrazole rings is 1. The first-order valence-electron chi connectivity index (χ1n) is 4.20. The Bertz CT molecular complexity index is 421. The lowest BCUT2D eigenvalue weighted by Gasteiger charge is -1.99. The van der Waals surface area contributed by atoms with Crippen molar-refractivity contribution in [1.82, 2.24) is 20.2 Å². The van der Waals surface area contributed by atoms with Gasteiger partial charge in [-0.15, -0.1) is 26.8 Å². The molecule has 0 fully saturated rings. The molecule has 0 aliphatic rings. The molecule has 0 saturated carbocycles. The maximum absolute atomic E-state index is 4.12. The number of nitrogens with zero attached hydrogens (tertiary/aromatic N) is 4. The highest BCUT2D eigenvalue weighted by Crippen LogP contribution is 2.15. The van der Waals surface area contributed by atoms with E-state index in [1.54, 1.807) is 11.8 Å². The fourth-order valence-electron chi connectivity index (χ4n) is 1.11. The van der Waals surface area contributed by atoms with Crippen molar-refractivity contribution in [3.05, 3.63) is 30.1 Å². The van der Waals surface area contributed by atoms with Crippen LogP contribution in [0, 0.1) is 6.92 Å². The number of hydrogen-bond donors (Lipinski definition) is 0. The molecule has 0 spiro atoms. The number of hydrogen-bond acceptors (Lipinski definition) is 4. The lowest BCUT2D eigenvalue weighted by atomic mass is 10.3. The summed E-state index contributed by atoms with van der Waals surface area (Å²) in [5.41, 5.74) is 0.934. The zero-order chi connectivity index (χ0) is 9.97. The summed E-state index contributed by atoms with van der Waals surface area (Å²) in [5, 5.41) is 11.8. The minimum absolute atomic E-state index is 0.680. The van der Waals surface area contributed by atoms with Crippen LogP contribution in [0.25, 0.3) is 5.69 Å². The van der Waals surface area contributed by atoms with E-state index < -0.39 is 0 Å². The summed E-state index contributed by atoms with van der Waals surface area (Å²) >= 11 is 1.71. The summed E-state index contributed by atoms with van der Waals surface area (Å²) in [6.45, 7) is 1.82.